The molecule has 2 aromatic carbocycles. The van der Waals surface area contributed by atoms with E-state index in [4.69, 9.17) is 27.9 Å². The molecule has 22 heavy (non-hydrogen) atoms. The first-order valence-electron chi connectivity index (χ1n) is 6.63. The summed E-state index contributed by atoms with van der Waals surface area (Å²) in [6.07, 6.45) is 0. The van der Waals surface area contributed by atoms with Crippen molar-refractivity contribution >= 4 is 40.5 Å². The lowest BCUT2D eigenvalue weighted by Crippen LogP contribution is -2.22. The minimum atomic E-state index is -0.222. The van der Waals surface area contributed by atoms with Crippen LogP contribution in [0.4, 0.5) is 11.4 Å². The van der Waals surface area contributed by atoms with E-state index in [9.17, 15) is 4.79 Å². The lowest BCUT2D eigenvalue weighted by atomic mass is 10.2. The van der Waals surface area contributed by atoms with Crippen LogP contribution in [0.3, 0.4) is 0 Å². The van der Waals surface area contributed by atoms with Gasteiger partial charge in [-0.2, -0.15) is 0 Å². The summed E-state index contributed by atoms with van der Waals surface area (Å²) in [4.78, 5) is 12.1. The number of hydrogen-bond acceptors (Lipinski definition) is 3. The molecule has 0 unspecified atom stereocenters. The number of carbonyl (C=O) groups is 1. The Morgan fingerprint density at radius 1 is 1.18 bits per heavy atom. The molecular formula is C16H16Cl2N2O2. The van der Waals surface area contributed by atoms with E-state index in [0.29, 0.717) is 27.2 Å². The third-order valence-corrected chi connectivity index (χ3v) is 3.65. The first-order valence-corrected chi connectivity index (χ1v) is 7.39. The van der Waals surface area contributed by atoms with Gasteiger partial charge in [0.15, 0.2) is 0 Å². The monoisotopic (exact) mass is 338 g/mol. The van der Waals surface area contributed by atoms with E-state index in [2.05, 4.69) is 10.6 Å². The smallest absolute Gasteiger partial charge is 0.243 e. The molecule has 0 aliphatic heterocycles. The summed E-state index contributed by atoms with van der Waals surface area (Å²) in [6, 6.07) is 10.7. The first kappa shape index (κ1) is 16.5. The SMILES string of the molecule is COc1ccc(C)cc1NC(=O)CNc1c(Cl)cccc1Cl. The number of nitrogens with one attached hydrogen (secondary N) is 2. The fraction of sp³-hybridized carbons (Fsp3) is 0.188. The molecule has 0 bridgehead atoms. The van der Waals surface area contributed by atoms with Crippen molar-refractivity contribution in [2.45, 2.75) is 6.92 Å². The summed E-state index contributed by atoms with van der Waals surface area (Å²) in [7, 11) is 1.56. The molecule has 0 spiro atoms. The lowest BCUT2D eigenvalue weighted by Gasteiger charge is -2.13. The number of halogens is 2. The van der Waals surface area contributed by atoms with Gasteiger partial charge >= 0.3 is 0 Å². The van der Waals surface area contributed by atoms with Crippen LogP contribution < -0.4 is 15.4 Å². The standard InChI is InChI=1S/C16H16Cl2N2O2/c1-10-6-7-14(22-2)13(8-10)20-15(21)9-19-16-11(17)4-3-5-12(16)18/h3-8,19H,9H2,1-2H3,(H,20,21). The summed E-state index contributed by atoms with van der Waals surface area (Å²) in [5.74, 6) is 0.384. The van der Waals surface area contributed by atoms with Crippen LogP contribution in [-0.2, 0) is 4.79 Å². The van der Waals surface area contributed by atoms with E-state index < -0.39 is 0 Å². The van der Waals surface area contributed by atoms with Gasteiger partial charge in [-0.1, -0.05) is 35.3 Å². The Balaban J connectivity index is 2.03. The lowest BCUT2D eigenvalue weighted by molar-refractivity contribution is -0.114. The van der Waals surface area contributed by atoms with E-state index in [0.717, 1.165) is 5.56 Å². The molecule has 0 heterocycles. The Morgan fingerprint density at radius 2 is 1.86 bits per heavy atom. The molecule has 2 aromatic rings. The maximum absolute atomic E-state index is 12.1. The van der Waals surface area contributed by atoms with E-state index in [1.165, 1.54) is 0 Å². The second-order valence-electron chi connectivity index (χ2n) is 4.70. The van der Waals surface area contributed by atoms with Gasteiger partial charge in [-0.25, -0.2) is 0 Å². The number of amides is 1. The van der Waals surface area contributed by atoms with E-state index in [1.54, 1.807) is 25.3 Å². The number of benzene rings is 2. The minimum absolute atomic E-state index is 0.0422. The average molecular weight is 339 g/mol. The van der Waals surface area contributed by atoms with Gasteiger partial charge in [-0.05, 0) is 36.8 Å². The maximum atomic E-state index is 12.1. The second-order valence-corrected chi connectivity index (χ2v) is 5.52. The van der Waals surface area contributed by atoms with Gasteiger partial charge in [-0.3, -0.25) is 4.79 Å². The molecule has 0 radical (unpaired) electrons. The van der Waals surface area contributed by atoms with Gasteiger partial charge in [0.2, 0.25) is 5.91 Å². The number of rotatable bonds is 5. The Bertz CT molecular complexity index is 670. The molecule has 6 heteroatoms. The van der Waals surface area contributed by atoms with Crippen LogP contribution >= 0.6 is 23.2 Å². The molecule has 0 atom stereocenters. The van der Waals surface area contributed by atoms with Gasteiger partial charge in [0.05, 0.1) is 35.1 Å². The number of para-hydroxylation sites is 1. The van der Waals surface area contributed by atoms with E-state index in [-0.39, 0.29) is 12.5 Å². The fourth-order valence-corrected chi connectivity index (χ4v) is 2.48. The molecule has 0 aliphatic carbocycles. The third kappa shape index (κ3) is 4.06. The minimum Gasteiger partial charge on any atom is -0.495 e. The number of ether oxygens (including phenoxy) is 1. The molecular weight excluding hydrogens is 323 g/mol. The highest BCUT2D eigenvalue weighted by Crippen LogP contribution is 2.29. The molecule has 0 saturated heterocycles. The van der Waals surface area contributed by atoms with Crippen molar-refractivity contribution < 1.29 is 9.53 Å². The van der Waals surface area contributed by atoms with Crippen LogP contribution in [0.25, 0.3) is 0 Å². The topological polar surface area (TPSA) is 50.4 Å². The Hall–Kier alpha value is -1.91. The van der Waals surface area contributed by atoms with Crippen molar-refractivity contribution in [3.63, 3.8) is 0 Å². The van der Waals surface area contributed by atoms with Crippen LogP contribution in [0.15, 0.2) is 36.4 Å². The molecule has 0 saturated carbocycles. The van der Waals surface area contributed by atoms with Crippen LogP contribution in [0.5, 0.6) is 5.75 Å². The number of anilines is 2. The predicted octanol–water partition coefficient (Wildman–Crippen LogP) is 4.36. The van der Waals surface area contributed by atoms with Crippen molar-refractivity contribution in [1.29, 1.82) is 0 Å². The average Bonchev–Trinajstić information content (AvgIpc) is 2.47. The number of aryl methyl sites for hydroxylation is 1. The first-order chi connectivity index (χ1) is 10.5. The van der Waals surface area contributed by atoms with Crippen molar-refractivity contribution in [2.24, 2.45) is 0 Å². The zero-order valence-electron chi connectivity index (χ0n) is 12.2. The van der Waals surface area contributed by atoms with Gasteiger partial charge in [0.1, 0.15) is 5.75 Å². The highest BCUT2D eigenvalue weighted by molar-refractivity contribution is 6.39. The summed E-state index contributed by atoms with van der Waals surface area (Å²) in [5.41, 5.74) is 2.19. The highest BCUT2D eigenvalue weighted by atomic mass is 35.5. The third-order valence-electron chi connectivity index (χ3n) is 3.02. The molecule has 1 amide bonds. The highest BCUT2D eigenvalue weighted by Gasteiger charge is 2.10. The molecule has 0 fully saturated rings. The van der Waals surface area contributed by atoms with E-state index in [1.807, 2.05) is 25.1 Å². The largest absolute Gasteiger partial charge is 0.495 e. The Morgan fingerprint density at radius 3 is 2.50 bits per heavy atom. The van der Waals surface area contributed by atoms with Gasteiger partial charge in [0.25, 0.3) is 0 Å². The van der Waals surface area contributed by atoms with Crippen LogP contribution in [0.2, 0.25) is 10.0 Å². The summed E-state index contributed by atoms with van der Waals surface area (Å²) < 4.78 is 5.22. The van der Waals surface area contributed by atoms with Gasteiger partial charge in [0, 0.05) is 0 Å². The number of hydrogen-bond donors (Lipinski definition) is 2. The summed E-state index contributed by atoms with van der Waals surface area (Å²) in [6.45, 7) is 1.98. The van der Waals surface area contributed by atoms with Gasteiger partial charge < -0.3 is 15.4 Å². The van der Waals surface area contributed by atoms with Crippen LogP contribution in [-0.4, -0.2) is 19.6 Å². The van der Waals surface area contributed by atoms with Crippen molar-refractivity contribution in [3.8, 4) is 5.75 Å². The zero-order valence-corrected chi connectivity index (χ0v) is 13.8. The maximum Gasteiger partial charge on any atom is 0.243 e. The van der Waals surface area contributed by atoms with Crippen LogP contribution in [0.1, 0.15) is 5.56 Å². The van der Waals surface area contributed by atoms with Crippen molar-refractivity contribution in [1.82, 2.24) is 0 Å². The fourth-order valence-electron chi connectivity index (χ4n) is 1.95. The quantitative estimate of drug-likeness (QED) is 0.851. The molecule has 4 nitrogen and oxygen atoms in total. The molecule has 0 aliphatic rings. The summed E-state index contributed by atoms with van der Waals surface area (Å²) in [5, 5.41) is 6.67. The Labute approximate surface area is 139 Å². The van der Waals surface area contributed by atoms with Crippen LogP contribution in [0, 0.1) is 6.92 Å². The molecule has 2 rings (SSSR count). The number of carbonyl (C=O) groups excluding carboxylic acids is 1. The molecule has 116 valence electrons. The Kier molecular flexibility index (Phi) is 5.52. The zero-order chi connectivity index (χ0) is 16.1. The predicted molar refractivity (Wildman–Crippen MR) is 91.3 cm³/mol. The van der Waals surface area contributed by atoms with E-state index >= 15 is 0 Å². The number of methoxy groups -OCH3 is 1. The van der Waals surface area contributed by atoms with Gasteiger partial charge in [-0.15, -0.1) is 0 Å². The van der Waals surface area contributed by atoms with Crippen molar-refractivity contribution in [2.75, 3.05) is 24.3 Å². The summed E-state index contributed by atoms with van der Waals surface area (Å²) >= 11 is 12.1. The molecule has 2 N–H and O–H groups in total. The van der Waals surface area contributed by atoms with Crippen molar-refractivity contribution in [3.05, 3.63) is 52.0 Å². The normalized spacial score (nSPS) is 10.2. The second kappa shape index (κ2) is 7.38. The molecule has 0 aromatic heterocycles.